The van der Waals surface area contributed by atoms with E-state index in [1.54, 1.807) is 25.1 Å². The Labute approximate surface area is 173 Å². The van der Waals surface area contributed by atoms with Crippen LogP contribution in [0.1, 0.15) is 5.69 Å². The van der Waals surface area contributed by atoms with Gasteiger partial charge in [0.05, 0.1) is 5.69 Å². The zero-order chi connectivity index (χ0) is 21.3. The van der Waals surface area contributed by atoms with E-state index in [1.165, 1.54) is 21.8 Å². The van der Waals surface area contributed by atoms with Gasteiger partial charge in [-0.2, -0.15) is 0 Å². The van der Waals surface area contributed by atoms with Crippen molar-refractivity contribution in [2.75, 3.05) is 11.9 Å². The first-order valence-corrected chi connectivity index (χ1v) is 9.75. The molecule has 2 aromatic carbocycles. The van der Waals surface area contributed by atoms with Crippen LogP contribution in [0.4, 0.5) is 14.5 Å². The van der Waals surface area contributed by atoms with Crippen LogP contribution >= 0.6 is 11.3 Å². The molecule has 0 unspecified atom stereocenters. The highest BCUT2D eigenvalue weighted by atomic mass is 32.1. The van der Waals surface area contributed by atoms with Crippen molar-refractivity contribution in [3.8, 4) is 17.0 Å². The van der Waals surface area contributed by atoms with Crippen LogP contribution in [0.2, 0.25) is 0 Å². The number of nitrogens with zero attached hydrogens (tertiary/aromatic N) is 2. The van der Waals surface area contributed by atoms with Crippen molar-refractivity contribution >= 4 is 27.9 Å². The Morgan fingerprint density at radius 2 is 2.03 bits per heavy atom. The van der Waals surface area contributed by atoms with Gasteiger partial charge in [-0.3, -0.25) is 14.0 Å². The molecule has 2 heterocycles. The van der Waals surface area contributed by atoms with E-state index in [2.05, 4.69) is 10.3 Å². The summed E-state index contributed by atoms with van der Waals surface area (Å²) in [6.45, 7) is 1.31. The number of fused-ring (bicyclic) bond motifs is 1. The van der Waals surface area contributed by atoms with E-state index in [0.717, 1.165) is 17.7 Å². The van der Waals surface area contributed by atoms with Crippen molar-refractivity contribution in [1.29, 1.82) is 0 Å². The fourth-order valence-electron chi connectivity index (χ4n) is 2.92. The molecule has 0 aliphatic heterocycles. The zero-order valence-corrected chi connectivity index (χ0v) is 16.5. The molecule has 0 aliphatic carbocycles. The van der Waals surface area contributed by atoms with Crippen LogP contribution < -0.4 is 15.6 Å². The van der Waals surface area contributed by atoms with E-state index >= 15 is 0 Å². The second-order valence-electron chi connectivity index (χ2n) is 6.47. The highest BCUT2D eigenvalue weighted by Gasteiger charge is 2.12. The van der Waals surface area contributed by atoms with Crippen LogP contribution in [0, 0.1) is 18.6 Å². The molecule has 152 valence electrons. The molecule has 0 saturated carbocycles. The van der Waals surface area contributed by atoms with Gasteiger partial charge in [0.2, 0.25) is 0 Å². The summed E-state index contributed by atoms with van der Waals surface area (Å²) in [7, 11) is 0. The molecule has 0 atom stereocenters. The molecule has 9 heteroatoms. The third kappa shape index (κ3) is 4.06. The quantitative estimate of drug-likeness (QED) is 0.522. The Balaban J connectivity index is 1.51. The van der Waals surface area contributed by atoms with Crippen LogP contribution in [0.3, 0.4) is 0 Å². The number of hydrogen-bond acceptors (Lipinski definition) is 5. The molecule has 0 aliphatic rings. The number of benzene rings is 2. The second-order valence-corrected chi connectivity index (χ2v) is 7.30. The molecule has 4 aromatic rings. The fraction of sp³-hybridized carbons (Fsp3) is 0.0952. The maximum Gasteiger partial charge on any atom is 0.262 e. The summed E-state index contributed by atoms with van der Waals surface area (Å²) in [5.74, 6) is -2.34. The summed E-state index contributed by atoms with van der Waals surface area (Å²) < 4.78 is 33.1. The van der Waals surface area contributed by atoms with Crippen LogP contribution in [0.5, 0.6) is 5.75 Å². The number of thiazole rings is 1. The minimum atomic E-state index is -0.886. The van der Waals surface area contributed by atoms with Crippen LogP contribution in [0.25, 0.3) is 16.2 Å². The lowest BCUT2D eigenvalue weighted by Crippen LogP contribution is -2.20. The number of hydrogen-bond donors (Lipinski definition) is 1. The normalized spacial score (nSPS) is 10.9. The molecule has 2 aromatic heterocycles. The first-order chi connectivity index (χ1) is 14.4. The summed E-state index contributed by atoms with van der Waals surface area (Å²) in [5.41, 5.74) is 2.32. The largest absolute Gasteiger partial charge is 0.481 e. The van der Waals surface area contributed by atoms with Crippen LogP contribution in [-0.4, -0.2) is 21.9 Å². The number of halogens is 2. The molecule has 0 spiro atoms. The van der Waals surface area contributed by atoms with Crippen molar-refractivity contribution in [3.05, 3.63) is 81.6 Å². The van der Waals surface area contributed by atoms with Gasteiger partial charge in [-0.25, -0.2) is 13.8 Å². The Bertz CT molecular complexity index is 1320. The molecule has 0 saturated heterocycles. The van der Waals surface area contributed by atoms with Gasteiger partial charge in [-0.15, -0.1) is 11.3 Å². The number of carbonyl (C=O) groups is 1. The van der Waals surface area contributed by atoms with Gasteiger partial charge >= 0.3 is 0 Å². The summed E-state index contributed by atoms with van der Waals surface area (Å²) in [4.78, 5) is 29.5. The second kappa shape index (κ2) is 8.03. The Hall–Kier alpha value is -3.59. The molecule has 1 N–H and O–H groups in total. The zero-order valence-electron chi connectivity index (χ0n) is 15.7. The predicted octanol–water partition coefficient (Wildman–Crippen LogP) is 4.03. The fourth-order valence-corrected chi connectivity index (χ4v) is 3.87. The van der Waals surface area contributed by atoms with Gasteiger partial charge in [0.25, 0.3) is 11.5 Å². The van der Waals surface area contributed by atoms with Gasteiger partial charge in [-0.1, -0.05) is 12.1 Å². The summed E-state index contributed by atoms with van der Waals surface area (Å²) >= 11 is 1.35. The number of nitrogens with one attached hydrogen (secondary N) is 1. The van der Waals surface area contributed by atoms with Crippen molar-refractivity contribution in [2.45, 2.75) is 6.92 Å². The highest BCUT2D eigenvalue weighted by molar-refractivity contribution is 7.15. The van der Waals surface area contributed by atoms with E-state index in [0.29, 0.717) is 28.1 Å². The smallest absolute Gasteiger partial charge is 0.262 e. The first kappa shape index (κ1) is 19.7. The average Bonchev–Trinajstić information content (AvgIpc) is 3.12. The average molecular weight is 427 g/mol. The van der Waals surface area contributed by atoms with Gasteiger partial charge in [0, 0.05) is 34.5 Å². The monoisotopic (exact) mass is 427 g/mol. The van der Waals surface area contributed by atoms with Gasteiger partial charge < -0.3 is 10.1 Å². The number of ether oxygens (including phenoxy) is 1. The third-order valence-electron chi connectivity index (χ3n) is 4.23. The molecule has 1 amide bonds. The predicted molar refractivity (Wildman–Crippen MR) is 110 cm³/mol. The van der Waals surface area contributed by atoms with Crippen molar-refractivity contribution in [2.24, 2.45) is 0 Å². The van der Waals surface area contributed by atoms with E-state index in [9.17, 15) is 18.4 Å². The van der Waals surface area contributed by atoms with Gasteiger partial charge in [0.15, 0.2) is 23.1 Å². The molecular weight excluding hydrogens is 412 g/mol. The Kier molecular flexibility index (Phi) is 5.28. The summed E-state index contributed by atoms with van der Waals surface area (Å²) in [6, 6.07) is 11.2. The molecule has 4 rings (SSSR count). The lowest BCUT2D eigenvalue weighted by molar-refractivity contribution is -0.118. The van der Waals surface area contributed by atoms with E-state index in [1.807, 2.05) is 11.4 Å². The van der Waals surface area contributed by atoms with E-state index < -0.39 is 24.1 Å². The molecule has 0 radical (unpaired) electrons. The highest BCUT2D eigenvalue weighted by Crippen LogP contribution is 2.26. The first-order valence-electron chi connectivity index (χ1n) is 8.87. The van der Waals surface area contributed by atoms with Crippen molar-refractivity contribution in [3.63, 3.8) is 0 Å². The maximum absolute atomic E-state index is 13.6. The van der Waals surface area contributed by atoms with E-state index in [4.69, 9.17) is 4.74 Å². The summed E-state index contributed by atoms with van der Waals surface area (Å²) in [5, 5.41) is 4.48. The number of aromatic nitrogens is 2. The number of amides is 1. The lowest BCUT2D eigenvalue weighted by atomic mass is 10.1. The number of carbonyl (C=O) groups excluding carboxylic acids is 1. The Morgan fingerprint density at radius 3 is 2.83 bits per heavy atom. The Morgan fingerprint density at radius 1 is 1.20 bits per heavy atom. The van der Waals surface area contributed by atoms with E-state index in [-0.39, 0.29) is 11.3 Å². The standard InChI is InChI=1S/C21H15F2N3O3S/c1-12-7-20(28)26-17(11-30-21(26)24-12)13-3-2-4-15(8-13)25-19(27)10-29-18-6-5-14(22)9-16(18)23/h2-9,11H,10H2,1H3,(H,25,27). The van der Waals surface area contributed by atoms with Crippen molar-refractivity contribution < 1.29 is 18.3 Å². The SMILES string of the molecule is Cc1cc(=O)n2c(-c3cccc(NC(=O)COc4ccc(F)cc4F)c3)csc2n1. The topological polar surface area (TPSA) is 72.7 Å². The molecular formula is C21H15F2N3O3S. The minimum absolute atomic E-state index is 0.182. The van der Waals surface area contributed by atoms with Gasteiger partial charge in [0.1, 0.15) is 5.82 Å². The lowest BCUT2D eigenvalue weighted by Gasteiger charge is -2.09. The van der Waals surface area contributed by atoms with Crippen LogP contribution in [-0.2, 0) is 4.79 Å². The number of aryl methyl sites for hydroxylation is 1. The van der Waals surface area contributed by atoms with Crippen LogP contribution in [0.15, 0.2) is 58.7 Å². The summed E-state index contributed by atoms with van der Waals surface area (Å²) in [6.07, 6.45) is 0. The molecule has 30 heavy (non-hydrogen) atoms. The maximum atomic E-state index is 13.6. The van der Waals surface area contributed by atoms with Gasteiger partial charge in [-0.05, 0) is 31.2 Å². The third-order valence-corrected chi connectivity index (χ3v) is 5.05. The number of rotatable bonds is 5. The number of anilines is 1. The molecule has 0 fully saturated rings. The van der Waals surface area contributed by atoms with Crippen molar-refractivity contribution in [1.82, 2.24) is 9.38 Å². The molecule has 0 bridgehead atoms. The minimum Gasteiger partial charge on any atom is -0.481 e. The molecule has 6 nitrogen and oxygen atoms in total.